The standard InChI is InChI=1S/C92H69BN2Si/c1-8-25-63(26-9-1)68-46-49-83-88(60-68)95(77-57-74(66-31-14-4-15-32-66)54-75(58-77)67-33-16-5-17-34-67)87-41-24-40-86-92(87)93(83)84-59-71(47-50-85(84)94(86)76-55-72(64-27-10-2-11-28-64)53-73(56-76)65-29-12-3-13-30-65)91-80-39-22-23-42-89(80)96(78-35-18-6-19-36-78,79-37-20-7-21-38-79)90-61-70(45-48-81(90)91)82-52-62-43-44-69(82)51-62/h1-42,45-50,53-62,69,82,91H,43-44,51-52H2. The molecule has 14 aromatic carbocycles. The molecule has 2 saturated carbocycles. The monoisotopic (exact) mass is 1240 g/mol. The van der Waals surface area contributed by atoms with Crippen molar-refractivity contribution in [2.24, 2.45) is 11.8 Å². The summed E-state index contributed by atoms with van der Waals surface area (Å²) in [5, 5.41) is 5.91. The smallest absolute Gasteiger partial charge is 0.252 e. The van der Waals surface area contributed by atoms with Crippen molar-refractivity contribution in [2.45, 2.75) is 37.5 Å². The van der Waals surface area contributed by atoms with E-state index in [1.54, 1.807) is 10.8 Å². The predicted octanol–water partition coefficient (Wildman–Crippen LogP) is 18.9. The molecule has 2 bridgehead atoms. The molecule has 3 heterocycles. The van der Waals surface area contributed by atoms with Gasteiger partial charge in [-0.05, 0) is 213 Å². The molecule has 0 spiro atoms. The van der Waals surface area contributed by atoms with Gasteiger partial charge in [0.1, 0.15) is 0 Å². The van der Waals surface area contributed by atoms with E-state index in [1.165, 1.54) is 153 Å². The maximum Gasteiger partial charge on any atom is 0.252 e. The Hall–Kier alpha value is -11.0. The van der Waals surface area contributed by atoms with Crippen molar-refractivity contribution in [3.05, 3.63) is 368 Å². The van der Waals surface area contributed by atoms with E-state index >= 15 is 0 Å². The van der Waals surface area contributed by atoms with Crippen molar-refractivity contribution in [1.82, 2.24) is 0 Å². The predicted molar refractivity (Wildman–Crippen MR) is 407 cm³/mol. The molecular weight excluding hydrogens is 1170 g/mol. The van der Waals surface area contributed by atoms with Gasteiger partial charge < -0.3 is 9.80 Å². The zero-order valence-electron chi connectivity index (χ0n) is 53.5. The molecule has 2 fully saturated rings. The summed E-state index contributed by atoms with van der Waals surface area (Å²) >= 11 is 0. The first-order chi connectivity index (χ1) is 47.6. The van der Waals surface area contributed by atoms with E-state index in [1.807, 2.05) is 0 Å². The Labute approximate surface area is 565 Å². The SMILES string of the molecule is c1ccc(-c2cc(-c3ccccc3)cc(N3c4ccc(C5c6ccccc6[Si](c6ccccc6)(c6ccccc6)c6cc(C7CC8CCC7C8)ccc65)cc4B4c5ccc(-c6ccccc6)cc5N(c5cc(-c6ccccc6)cc(-c6ccccc6)c5)c5cccc3c54)c2)cc1. The number of hydrogen-bond acceptors (Lipinski definition) is 2. The highest BCUT2D eigenvalue weighted by Gasteiger charge is 2.51. The van der Waals surface area contributed by atoms with Crippen LogP contribution in [-0.4, -0.2) is 14.8 Å². The minimum Gasteiger partial charge on any atom is -0.311 e. The summed E-state index contributed by atoms with van der Waals surface area (Å²) < 4.78 is 0. The number of benzene rings is 14. The maximum atomic E-state index is 2.77. The van der Waals surface area contributed by atoms with Crippen LogP contribution in [0.5, 0.6) is 0 Å². The van der Waals surface area contributed by atoms with Gasteiger partial charge in [-0.3, -0.25) is 0 Å². The molecule has 0 saturated heterocycles. The molecule has 96 heavy (non-hydrogen) atoms. The van der Waals surface area contributed by atoms with Crippen LogP contribution in [0.1, 0.15) is 59.8 Å². The second-order valence-electron chi connectivity index (χ2n) is 27.4. The first kappa shape index (κ1) is 56.5. The van der Waals surface area contributed by atoms with Crippen molar-refractivity contribution in [3.63, 3.8) is 0 Å². The van der Waals surface area contributed by atoms with Crippen LogP contribution in [0.2, 0.25) is 0 Å². The fourth-order valence-electron chi connectivity index (χ4n) is 18.1. The Morgan fingerprint density at radius 2 is 0.760 bits per heavy atom. The summed E-state index contributed by atoms with van der Waals surface area (Å²) in [4.78, 5) is 5.23. The number of nitrogens with zero attached hydrogens (tertiary/aromatic N) is 2. The normalized spacial score (nSPS) is 17.4. The molecule has 0 aromatic heterocycles. The first-order valence-electron chi connectivity index (χ1n) is 34.5. The average Bonchev–Trinajstić information content (AvgIpc) is 0.725. The lowest BCUT2D eigenvalue weighted by atomic mass is 9.33. The Balaban J connectivity index is 0.891. The molecule has 4 unspecified atom stereocenters. The van der Waals surface area contributed by atoms with Crippen LogP contribution in [0.4, 0.5) is 34.1 Å². The highest BCUT2D eigenvalue weighted by molar-refractivity contribution is 7.20. The number of hydrogen-bond donors (Lipinski definition) is 0. The Morgan fingerprint density at radius 3 is 1.27 bits per heavy atom. The van der Waals surface area contributed by atoms with E-state index in [0.717, 1.165) is 23.2 Å². The lowest BCUT2D eigenvalue weighted by Crippen LogP contribution is -2.77. The zero-order chi connectivity index (χ0) is 63.3. The Kier molecular flexibility index (Phi) is 13.6. The van der Waals surface area contributed by atoms with Crippen molar-refractivity contribution >= 4 is 86.0 Å². The van der Waals surface area contributed by atoms with Gasteiger partial charge in [-0.2, -0.15) is 0 Å². The van der Waals surface area contributed by atoms with Crippen molar-refractivity contribution < 1.29 is 0 Å². The third-order valence-electron chi connectivity index (χ3n) is 22.3. The number of anilines is 6. The summed E-state index contributed by atoms with van der Waals surface area (Å²) in [5.74, 6) is 2.15. The van der Waals surface area contributed by atoms with Gasteiger partial charge in [-0.25, -0.2) is 0 Å². The lowest BCUT2D eigenvalue weighted by Gasteiger charge is -2.45. The third-order valence-corrected chi connectivity index (χ3v) is 27.2. The summed E-state index contributed by atoms with van der Waals surface area (Å²) in [5.41, 5.74) is 28.3. The topological polar surface area (TPSA) is 6.48 Å². The molecule has 2 aliphatic carbocycles. The van der Waals surface area contributed by atoms with Crippen LogP contribution >= 0.6 is 0 Å². The summed E-state index contributed by atoms with van der Waals surface area (Å²) in [6.45, 7) is -0.143. The third kappa shape index (κ3) is 9.21. The van der Waals surface area contributed by atoms with Gasteiger partial charge in [-0.1, -0.05) is 292 Å². The largest absolute Gasteiger partial charge is 0.311 e. The molecule has 5 aliphatic rings. The first-order valence-corrected chi connectivity index (χ1v) is 36.5. The summed E-state index contributed by atoms with van der Waals surface area (Å²) in [6.07, 6.45) is 5.42. The van der Waals surface area contributed by atoms with Crippen LogP contribution in [0, 0.1) is 11.8 Å². The lowest BCUT2D eigenvalue weighted by molar-refractivity contribution is 0.420. The highest BCUT2D eigenvalue weighted by atomic mass is 28.3. The van der Waals surface area contributed by atoms with Gasteiger partial charge >= 0.3 is 0 Å². The molecular formula is C92H69BN2Si. The van der Waals surface area contributed by atoms with E-state index in [2.05, 4.69) is 356 Å². The van der Waals surface area contributed by atoms with Crippen molar-refractivity contribution in [3.8, 4) is 55.6 Å². The highest BCUT2D eigenvalue weighted by Crippen LogP contribution is 2.54. The van der Waals surface area contributed by atoms with Gasteiger partial charge in [-0.15, -0.1) is 0 Å². The second kappa shape index (κ2) is 23.2. The van der Waals surface area contributed by atoms with Crippen molar-refractivity contribution in [1.29, 1.82) is 0 Å². The molecule has 0 amide bonds. The van der Waals surface area contributed by atoms with Gasteiger partial charge in [0.15, 0.2) is 8.07 Å². The van der Waals surface area contributed by atoms with Gasteiger partial charge in [0.05, 0.1) is 0 Å². The van der Waals surface area contributed by atoms with Crippen LogP contribution in [0.3, 0.4) is 0 Å². The zero-order valence-corrected chi connectivity index (χ0v) is 54.5. The molecule has 19 rings (SSSR count). The molecule has 0 N–H and O–H groups in total. The van der Waals surface area contributed by atoms with Gasteiger partial charge in [0.2, 0.25) is 0 Å². The minimum absolute atomic E-state index is 0.0445. The summed E-state index contributed by atoms with van der Waals surface area (Å²) in [6, 6.07) is 132. The quantitative estimate of drug-likeness (QED) is 0.119. The summed E-state index contributed by atoms with van der Waals surface area (Å²) in [7, 11) is -2.96. The molecule has 2 nitrogen and oxygen atoms in total. The van der Waals surface area contributed by atoms with E-state index in [0.29, 0.717) is 5.92 Å². The van der Waals surface area contributed by atoms with Crippen LogP contribution in [0.15, 0.2) is 346 Å². The number of fused-ring (bicyclic) bond motifs is 8. The maximum absolute atomic E-state index is 2.96. The second-order valence-corrected chi connectivity index (χ2v) is 31.1. The average molecular weight is 1240 g/mol. The van der Waals surface area contributed by atoms with Gasteiger partial charge in [0, 0.05) is 40.0 Å². The van der Waals surface area contributed by atoms with E-state index in [-0.39, 0.29) is 12.6 Å². The molecule has 3 aliphatic heterocycles. The molecule has 4 heteroatoms. The van der Waals surface area contributed by atoms with Crippen LogP contribution < -0.4 is 46.9 Å². The molecule has 454 valence electrons. The van der Waals surface area contributed by atoms with Crippen LogP contribution in [-0.2, 0) is 0 Å². The van der Waals surface area contributed by atoms with Crippen LogP contribution in [0.25, 0.3) is 55.6 Å². The van der Waals surface area contributed by atoms with E-state index in [9.17, 15) is 0 Å². The molecule has 4 atom stereocenters. The molecule has 14 aromatic rings. The Bertz CT molecular complexity index is 5120. The minimum atomic E-state index is -2.96. The Morgan fingerprint density at radius 1 is 0.292 bits per heavy atom. The van der Waals surface area contributed by atoms with Crippen molar-refractivity contribution in [2.75, 3.05) is 9.80 Å². The van der Waals surface area contributed by atoms with Gasteiger partial charge in [0.25, 0.3) is 6.71 Å². The fourth-order valence-corrected chi connectivity index (χ4v) is 23.4. The molecule has 0 radical (unpaired) electrons. The van der Waals surface area contributed by atoms with E-state index < -0.39 is 8.07 Å². The fraction of sp³-hybridized carbons (Fsp3) is 0.0870. The number of rotatable bonds is 11. The van der Waals surface area contributed by atoms with E-state index in [4.69, 9.17) is 0 Å².